The molecule has 1 aliphatic heterocycles. The van der Waals surface area contributed by atoms with Gasteiger partial charge in [0.15, 0.2) is 0 Å². The fraction of sp³-hybridized carbons (Fsp3) is 0.636. The molecule has 30 heavy (non-hydrogen) atoms. The highest BCUT2D eigenvalue weighted by molar-refractivity contribution is 5.68. The Bertz CT molecular complexity index is 735. The zero-order valence-corrected chi connectivity index (χ0v) is 18.5. The molecule has 1 aromatic rings. The van der Waals surface area contributed by atoms with Crippen molar-refractivity contribution >= 4 is 12.2 Å². The fourth-order valence-electron chi connectivity index (χ4n) is 3.52. The van der Waals surface area contributed by atoms with E-state index in [4.69, 9.17) is 9.47 Å². The molecular formula is C22H33FN2O5. The van der Waals surface area contributed by atoms with Crippen LogP contribution in [0.2, 0.25) is 0 Å². The van der Waals surface area contributed by atoms with Crippen LogP contribution < -0.4 is 5.32 Å². The second-order valence-corrected chi connectivity index (χ2v) is 8.56. The maximum absolute atomic E-state index is 14.7. The Morgan fingerprint density at radius 3 is 2.73 bits per heavy atom. The second-order valence-electron chi connectivity index (χ2n) is 8.56. The van der Waals surface area contributed by atoms with Crippen LogP contribution in [0.25, 0.3) is 0 Å². The number of piperidine rings is 1. The monoisotopic (exact) mass is 424 g/mol. The number of nitrogens with zero attached hydrogens (tertiary/aromatic N) is 1. The Labute approximate surface area is 177 Å². The molecule has 1 fully saturated rings. The Balaban J connectivity index is 2.15. The number of nitrogens with one attached hydrogen (secondary N) is 1. The zero-order chi connectivity index (χ0) is 22.3. The third-order valence-corrected chi connectivity index (χ3v) is 4.85. The van der Waals surface area contributed by atoms with Gasteiger partial charge < -0.3 is 24.4 Å². The smallest absolute Gasteiger partial charge is 0.410 e. The summed E-state index contributed by atoms with van der Waals surface area (Å²) in [7, 11) is 1.29. The first kappa shape index (κ1) is 23.9. The highest BCUT2D eigenvalue weighted by Gasteiger charge is 2.34. The highest BCUT2D eigenvalue weighted by Crippen LogP contribution is 2.35. The van der Waals surface area contributed by atoms with Crippen molar-refractivity contribution in [1.82, 2.24) is 10.2 Å². The van der Waals surface area contributed by atoms with Crippen molar-refractivity contribution in [3.8, 4) is 0 Å². The normalized spacial score (nSPS) is 17.9. The average molecular weight is 425 g/mol. The van der Waals surface area contributed by atoms with Gasteiger partial charge in [-0.05, 0) is 46.6 Å². The molecule has 8 heteroatoms. The van der Waals surface area contributed by atoms with E-state index >= 15 is 0 Å². The predicted octanol–water partition coefficient (Wildman–Crippen LogP) is 4.19. The van der Waals surface area contributed by atoms with Gasteiger partial charge in [-0.3, -0.25) is 0 Å². The van der Waals surface area contributed by atoms with E-state index < -0.39 is 17.8 Å². The number of alkyl carbamates (subject to hydrolysis) is 1. The first-order valence-corrected chi connectivity index (χ1v) is 10.3. The Hall–Kier alpha value is -2.35. The summed E-state index contributed by atoms with van der Waals surface area (Å²) in [5, 5.41) is 2.56. The highest BCUT2D eigenvalue weighted by atomic mass is 19.1. The standard InChI is InChI=1S/C22H33FN2O5/c1-15-8-9-18(23)17(13-15)19(29-12-10-24-20(26)28-5)16-7-6-11-25(14-16)21(27)30-22(2,3)4/h8-9,13,16,19H,6-7,10-12,14H2,1-5H3,(H,24,26)/t16?,19-/m1/s1. The molecule has 1 heterocycles. The van der Waals surface area contributed by atoms with Crippen molar-refractivity contribution in [1.29, 1.82) is 0 Å². The number of aryl methyl sites for hydroxylation is 1. The van der Waals surface area contributed by atoms with Crippen LogP contribution in [0.1, 0.15) is 50.8 Å². The molecule has 2 rings (SSSR count). The minimum Gasteiger partial charge on any atom is -0.453 e. The number of benzene rings is 1. The molecule has 7 nitrogen and oxygen atoms in total. The number of carbonyl (C=O) groups excluding carboxylic acids is 2. The van der Waals surface area contributed by atoms with Gasteiger partial charge in [-0.15, -0.1) is 0 Å². The molecule has 1 unspecified atom stereocenters. The maximum atomic E-state index is 14.7. The van der Waals surface area contributed by atoms with Crippen LogP contribution in [0.5, 0.6) is 0 Å². The third-order valence-electron chi connectivity index (χ3n) is 4.85. The zero-order valence-electron chi connectivity index (χ0n) is 18.5. The number of ether oxygens (including phenoxy) is 3. The summed E-state index contributed by atoms with van der Waals surface area (Å²) < 4.78 is 30.8. The summed E-state index contributed by atoms with van der Waals surface area (Å²) in [6, 6.07) is 4.92. The van der Waals surface area contributed by atoms with Crippen LogP contribution in [0.4, 0.5) is 14.0 Å². The maximum Gasteiger partial charge on any atom is 0.410 e. The van der Waals surface area contributed by atoms with E-state index in [0.717, 1.165) is 18.4 Å². The molecule has 1 N–H and O–H groups in total. The summed E-state index contributed by atoms with van der Waals surface area (Å²) in [5.41, 5.74) is 0.805. The van der Waals surface area contributed by atoms with Crippen LogP contribution in [0.3, 0.4) is 0 Å². The summed E-state index contributed by atoms with van der Waals surface area (Å²) in [5.74, 6) is -0.443. The van der Waals surface area contributed by atoms with Crippen molar-refractivity contribution in [2.45, 2.75) is 52.2 Å². The van der Waals surface area contributed by atoms with Gasteiger partial charge >= 0.3 is 12.2 Å². The van der Waals surface area contributed by atoms with E-state index in [1.807, 2.05) is 27.7 Å². The van der Waals surface area contributed by atoms with Gasteiger partial charge in [0.1, 0.15) is 11.4 Å². The van der Waals surface area contributed by atoms with Gasteiger partial charge in [0.05, 0.1) is 19.8 Å². The van der Waals surface area contributed by atoms with E-state index in [1.165, 1.54) is 13.2 Å². The molecule has 2 atom stereocenters. The van der Waals surface area contributed by atoms with Crippen LogP contribution in [0, 0.1) is 18.7 Å². The number of halogens is 1. The lowest BCUT2D eigenvalue weighted by Crippen LogP contribution is -2.44. The van der Waals surface area contributed by atoms with Crippen LogP contribution in [-0.2, 0) is 14.2 Å². The number of methoxy groups -OCH3 is 1. The minimum atomic E-state index is -0.581. The lowest BCUT2D eigenvalue weighted by atomic mass is 9.87. The number of hydrogen-bond donors (Lipinski definition) is 1. The first-order chi connectivity index (χ1) is 14.1. The number of hydrogen-bond acceptors (Lipinski definition) is 5. The molecule has 0 radical (unpaired) electrons. The largest absolute Gasteiger partial charge is 0.453 e. The average Bonchev–Trinajstić information content (AvgIpc) is 2.68. The number of carbonyl (C=O) groups is 2. The van der Waals surface area contributed by atoms with E-state index in [0.29, 0.717) is 18.7 Å². The van der Waals surface area contributed by atoms with E-state index in [1.54, 1.807) is 17.0 Å². The van der Waals surface area contributed by atoms with E-state index in [9.17, 15) is 14.0 Å². The van der Waals surface area contributed by atoms with Crippen molar-refractivity contribution in [2.24, 2.45) is 5.92 Å². The molecule has 2 amide bonds. The van der Waals surface area contributed by atoms with Gasteiger partial charge in [-0.2, -0.15) is 0 Å². The molecular weight excluding hydrogens is 391 g/mol. The number of likely N-dealkylation sites (tertiary alicyclic amines) is 1. The van der Waals surface area contributed by atoms with E-state index in [2.05, 4.69) is 10.1 Å². The quantitative estimate of drug-likeness (QED) is 0.693. The lowest BCUT2D eigenvalue weighted by molar-refractivity contribution is -0.0258. The summed E-state index contributed by atoms with van der Waals surface area (Å²) in [4.78, 5) is 25.5. The lowest BCUT2D eigenvalue weighted by Gasteiger charge is -2.37. The van der Waals surface area contributed by atoms with Gasteiger partial charge in [-0.25, -0.2) is 14.0 Å². The second kappa shape index (κ2) is 10.6. The number of rotatable bonds is 6. The molecule has 1 aromatic carbocycles. The van der Waals surface area contributed by atoms with Crippen molar-refractivity contribution < 1.29 is 28.2 Å². The topological polar surface area (TPSA) is 77.1 Å². The van der Waals surface area contributed by atoms with E-state index in [-0.39, 0.29) is 31.0 Å². The van der Waals surface area contributed by atoms with Gasteiger partial charge in [0, 0.05) is 31.1 Å². The van der Waals surface area contributed by atoms with Gasteiger partial charge in [-0.1, -0.05) is 17.7 Å². The minimum absolute atomic E-state index is 0.0966. The molecule has 0 aliphatic carbocycles. The molecule has 168 valence electrons. The predicted molar refractivity (Wildman–Crippen MR) is 111 cm³/mol. The van der Waals surface area contributed by atoms with Crippen LogP contribution in [0.15, 0.2) is 18.2 Å². The third kappa shape index (κ3) is 7.16. The van der Waals surface area contributed by atoms with Crippen molar-refractivity contribution in [2.75, 3.05) is 33.4 Å². The summed E-state index contributed by atoms with van der Waals surface area (Å²) in [6.07, 6.45) is 0.0996. The Kier molecular flexibility index (Phi) is 8.46. The molecule has 0 aromatic heterocycles. The summed E-state index contributed by atoms with van der Waals surface area (Å²) >= 11 is 0. The summed E-state index contributed by atoms with van der Waals surface area (Å²) in [6.45, 7) is 8.82. The van der Waals surface area contributed by atoms with Gasteiger partial charge in [0.25, 0.3) is 0 Å². The number of amides is 2. The molecule has 1 aliphatic rings. The van der Waals surface area contributed by atoms with Crippen molar-refractivity contribution in [3.05, 3.63) is 35.1 Å². The SMILES string of the molecule is COC(=O)NCCO[C@@H](c1cc(C)ccc1F)C1CCCN(C(=O)OC(C)(C)C)C1. The molecule has 1 saturated heterocycles. The van der Waals surface area contributed by atoms with Gasteiger partial charge in [0.2, 0.25) is 0 Å². The van der Waals surface area contributed by atoms with Crippen LogP contribution >= 0.6 is 0 Å². The Morgan fingerprint density at radius 2 is 2.07 bits per heavy atom. The van der Waals surface area contributed by atoms with Crippen LogP contribution in [-0.4, -0.2) is 56.0 Å². The molecule has 0 bridgehead atoms. The first-order valence-electron chi connectivity index (χ1n) is 10.3. The fourth-order valence-corrected chi connectivity index (χ4v) is 3.52. The molecule has 0 spiro atoms. The Morgan fingerprint density at radius 1 is 1.33 bits per heavy atom. The van der Waals surface area contributed by atoms with Crippen molar-refractivity contribution in [3.63, 3.8) is 0 Å². The molecule has 0 saturated carbocycles.